The molecule has 0 unspecified atom stereocenters. The Morgan fingerprint density at radius 1 is 0.977 bits per heavy atom. The lowest BCUT2D eigenvalue weighted by atomic mass is 9.86. The summed E-state index contributed by atoms with van der Waals surface area (Å²) in [6, 6.07) is 15.9. The Kier molecular flexibility index (Phi) is 9.41. The molecular formula is C32H36ClF2N3O4S. The molecule has 0 radical (unpaired) electrons. The molecule has 230 valence electrons. The summed E-state index contributed by atoms with van der Waals surface area (Å²) in [5.74, 6) is -6.40. The number of ether oxygens (including phenoxy) is 1. The molecule has 1 saturated carbocycles. The number of hydrogen-bond acceptors (Lipinski definition) is 5. The SMILES string of the molecule is N[C@@H]1CCN(C(=O)[C@@H](c2cc(OCC3CCCCC3)ccc2S(N)(=O)=O)C(F)(F)c2ccc(-c3ccc(Cl)cc3)cc2)C1. The van der Waals surface area contributed by atoms with E-state index in [1.54, 1.807) is 24.3 Å². The van der Waals surface area contributed by atoms with Crippen molar-refractivity contribution in [3.8, 4) is 16.9 Å². The fourth-order valence-corrected chi connectivity index (χ4v) is 6.91. The third-order valence-electron chi connectivity index (χ3n) is 8.40. The van der Waals surface area contributed by atoms with Gasteiger partial charge in [0.1, 0.15) is 11.7 Å². The number of amides is 1. The summed E-state index contributed by atoms with van der Waals surface area (Å²) in [6.45, 7) is 0.643. The topological polar surface area (TPSA) is 116 Å². The third kappa shape index (κ3) is 7.20. The van der Waals surface area contributed by atoms with Gasteiger partial charge in [-0.05, 0) is 72.2 Å². The van der Waals surface area contributed by atoms with Crippen LogP contribution in [0.2, 0.25) is 5.02 Å². The van der Waals surface area contributed by atoms with E-state index in [9.17, 15) is 13.2 Å². The minimum Gasteiger partial charge on any atom is -0.493 e. The van der Waals surface area contributed by atoms with Crippen LogP contribution in [0.1, 0.15) is 55.6 Å². The number of carbonyl (C=O) groups excluding carboxylic acids is 1. The van der Waals surface area contributed by atoms with E-state index in [0.717, 1.165) is 37.3 Å². The second-order valence-electron chi connectivity index (χ2n) is 11.5. The number of alkyl halides is 2. The number of hydrogen-bond donors (Lipinski definition) is 2. The summed E-state index contributed by atoms with van der Waals surface area (Å²) in [7, 11) is -4.48. The molecule has 2 aliphatic rings. The minimum atomic E-state index is -4.48. The molecule has 3 aromatic rings. The van der Waals surface area contributed by atoms with Crippen LogP contribution in [0.25, 0.3) is 11.1 Å². The number of carbonyl (C=O) groups is 1. The molecule has 0 spiro atoms. The maximum absolute atomic E-state index is 16.7. The summed E-state index contributed by atoms with van der Waals surface area (Å²) < 4.78 is 64.8. The van der Waals surface area contributed by atoms with Crippen LogP contribution in [0.15, 0.2) is 71.6 Å². The zero-order valence-corrected chi connectivity index (χ0v) is 25.3. The Hall–Kier alpha value is -3.05. The van der Waals surface area contributed by atoms with Crippen LogP contribution >= 0.6 is 11.6 Å². The van der Waals surface area contributed by atoms with E-state index in [1.807, 2.05) is 0 Å². The van der Waals surface area contributed by atoms with Gasteiger partial charge in [-0.1, -0.05) is 67.3 Å². The molecule has 0 aromatic heterocycles. The van der Waals surface area contributed by atoms with E-state index in [1.165, 1.54) is 47.7 Å². The summed E-state index contributed by atoms with van der Waals surface area (Å²) >= 11 is 5.98. The molecule has 3 aromatic carbocycles. The molecule has 5 rings (SSSR count). The van der Waals surface area contributed by atoms with Crippen molar-refractivity contribution in [3.63, 3.8) is 0 Å². The third-order valence-corrected chi connectivity index (χ3v) is 9.64. The molecule has 0 bridgehead atoms. The first-order valence-electron chi connectivity index (χ1n) is 14.5. The molecule has 1 aliphatic heterocycles. The lowest BCUT2D eigenvalue weighted by Gasteiger charge is -2.31. The van der Waals surface area contributed by atoms with Crippen LogP contribution < -0.4 is 15.6 Å². The Morgan fingerprint density at radius 2 is 1.60 bits per heavy atom. The van der Waals surface area contributed by atoms with E-state index in [0.29, 0.717) is 29.5 Å². The van der Waals surface area contributed by atoms with Crippen molar-refractivity contribution in [1.29, 1.82) is 0 Å². The summed E-state index contributed by atoms with van der Waals surface area (Å²) in [5, 5.41) is 6.07. The number of likely N-dealkylation sites (tertiary alicyclic amines) is 1. The predicted octanol–water partition coefficient (Wildman–Crippen LogP) is 6.05. The zero-order valence-electron chi connectivity index (χ0n) is 23.7. The lowest BCUT2D eigenvalue weighted by Crippen LogP contribution is -2.42. The van der Waals surface area contributed by atoms with Gasteiger partial charge < -0.3 is 15.4 Å². The fourth-order valence-electron chi connectivity index (χ4n) is 6.02. The van der Waals surface area contributed by atoms with Crippen LogP contribution in [-0.2, 0) is 20.7 Å². The number of halogens is 3. The Balaban J connectivity index is 1.56. The fraction of sp³-hybridized carbons (Fsp3) is 0.406. The molecule has 1 amide bonds. The summed E-state index contributed by atoms with van der Waals surface area (Å²) in [4.78, 5) is 14.7. The van der Waals surface area contributed by atoms with E-state index in [-0.39, 0.29) is 24.9 Å². The first kappa shape index (κ1) is 31.4. The molecule has 2 fully saturated rings. The number of nitrogens with zero attached hydrogens (tertiary/aromatic N) is 1. The Bertz CT molecular complexity index is 1550. The average Bonchev–Trinajstić information content (AvgIpc) is 3.43. The molecule has 43 heavy (non-hydrogen) atoms. The highest BCUT2D eigenvalue weighted by Gasteiger charge is 2.50. The molecule has 1 saturated heterocycles. The summed E-state index contributed by atoms with van der Waals surface area (Å²) in [6.07, 6.45) is 5.82. The number of rotatable bonds is 9. The van der Waals surface area contributed by atoms with Gasteiger partial charge in [0.15, 0.2) is 0 Å². The van der Waals surface area contributed by atoms with Gasteiger partial charge in [-0.15, -0.1) is 0 Å². The van der Waals surface area contributed by atoms with Crippen molar-refractivity contribution in [3.05, 3.63) is 82.9 Å². The number of sulfonamides is 1. The van der Waals surface area contributed by atoms with E-state index >= 15 is 8.78 Å². The average molecular weight is 632 g/mol. The van der Waals surface area contributed by atoms with Crippen LogP contribution in [0, 0.1) is 5.92 Å². The monoisotopic (exact) mass is 631 g/mol. The van der Waals surface area contributed by atoms with E-state index < -0.39 is 43.8 Å². The first-order valence-corrected chi connectivity index (χ1v) is 16.4. The highest BCUT2D eigenvalue weighted by Crippen LogP contribution is 2.46. The van der Waals surface area contributed by atoms with Crippen LogP contribution in [-0.4, -0.2) is 45.0 Å². The first-order chi connectivity index (χ1) is 20.4. The second kappa shape index (κ2) is 12.9. The predicted molar refractivity (Wildman–Crippen MR) is 163 cm³/mol. The Labute approximate surface area is 256 Å². The maximum Gasteiger partial charge on any atom is 0.288 e. The van der Waals surface area contributed by atoms with Crippen molar-refractivity contribution in [2.45, 2.75) is 61.3 Å². The smallest absolute Gasteiger partial charge is 0.288 e. The van der Waals surface area contributed by atoms with Gasteiger partial charge in [-0.2, -0.15) is 0 Å². The number of primary sulfonamides is 1. The standard InChI is InChI=1S/C32H36ClF2N3O4S/c33-25-12-8-23(9-13-25)22-6-10-24(11-7-22)32(34,35)30(31(39)38-17-16-26(36)19-38)28-18-27(14-15-29(28)43(37,40)41)42-20-21-4-2-1-3-5-21/h6-15,18,21,26,30H,1-5,16-17,19-20,36H2,(H2,37,40,41)/t26-,30-/m1/s1. The largest absolute Gasteiger partial charge is 0.493 e. The highest BCUT2D eigenvalue weighted by molar-refractivity contribution is 7.89. The second-order valence-corrected chi connectivity index (χ2v) is 13.5. The molecule has 2 atom stereocenters. The van der Waals surface area contributed by atoms with Gasteiger partial charge in [0, 0.05) is 29.7 Å². The molecule has 11 heteroatoms. The normalized spacial score (nSPS) is 18.9. The number of nitrogens with two attached hydrogens (primary N) is 2. The van der Waals surface area contributed by atoms with Crippen molar-refractivity contribution in [2.24, 2.45) is 16.8 Å². The zero-order chi connectivity index (χ0) is 30.8. The maximum atomic E-state index is 16.7. The molecule has 4 N–H and O–H groups in total. The van der Waals surface area contributed by atoms with Crippen LogP contribution in [0.4, 0.5) is 8.78 Å². The van der Waals surface area contributed by atoms with Crippen LogP contribution in [0.3, 0.4) is 0 Å². The molecular weight excluding hydrogens is 596 g/mol. The van der Waals surface area contributed by atoms with Gasteiger partial charge in [0.05, 0.1) is 11.5 Å². The van der Waals surface area contributed by atoms with Crippen molar-refractivity contribution < 1.29 is 26.7 Å². The number of benzene rings is 3. The van der Waals surface area contributed by atoms with Gasteiger partial charge >= 0.3 is 0 Å². The summed E-state index contributed by atoms with van der Waals surface area (Å²) in [5.41, 5.74) is 6.62. The van der Waals surface area contributed by atoms with Crippen molar-refractivity contribution in [1.82, 2.24) is 4.90 Å². The van der Waals surface area contributed by atoms with Crippen molar-refractivity contribution in [2.75, 3.05) is 19.7 Å². The van der Waals surface area contributed by atoms with Gasteiger partial charge in [-0.25, -0.2) is 22.3 Å². The molecule has 1 heterocycles. The van der Waals surface area contributed by atoms with Crippen molar-refractivity contribution >= 4 is 27.5 Å². The minimum absolute atomic E-state index is 0.0868. The van der Waals surface area contributed by atoms with E-state index in [2.05, 4.69) is 0 Å². The lowest BCUT2D eigenvalue weighted by molar-refractivity contribution is -0.143. The van der Waals surface area contributed by atoms with Crippen LogP contribution in [0.5, 0.6) is 5.75 Å². The quantitative estimate of drug-likeness (QED) is 0.298. The van der Waals surface area contributed by atoms with Gasteiger partial charge in [0.2, 0.25) is 15.9 Å². The Morgan fingerprint density at radius 3 is 2.19 bits per heavy atom. The van der Waals surface area contributed by atoms with Gasteiger partial charge in [0.25, 0.3) is 5.92 Å². The molecule has 1 aliphatic carbocycles. The highest BCUT2D eigenvalue weighted by atomic mass is 35.5. The molecule has 7 nitrogen and oxygen atoms in total. The van der Waals surface area contributed by atoms with E-state index in [4.69, 9.17) is 27.2 Å². The van der Waals surface area contributed by atoms with Gasteiger partial charge in [-0.3, -0.25) is 4.79 Å².